The lowest BCUT2D eigenvalue weighted by atomic mass is 10.4. The number of amides is 1. The van der Waals surface area contributed by atoms with Gasteiger partial charge in [-0.1, -0.05) is 6.07 Å². The molecule has 17 heavy (non-hydrogen) atoms. The van der Waals surface area contributed by atoms with Crippen LogP contribution in [0.25, 0.3) is 5.65 Å². The number of fused-ring (bicyclic) bond motifs is 1. The van der Waals surface area contributed by atoms with Crippen LogP contribution >= 0.6 is 27.5 Å². The minimum Gasteiger partial charge on any atom is -0.278 e. The number of rotatable bonds is 1. The predicted octanol–water partition coefficient (Wildman–Crippen LogP) is 1.84. The van der Waals surface area contributed by atoms with Crippen molar-refractivity contribution in [3.05, 3.63) is 22.8 Å². The van der Waals surface area contributed by atoms with E-state index in [1.165, 1.54) is 4.90 Å². The molecule has 0 bridgehead atoms. The van der Waals surface area contributed by atoms with E-state index in [1.807, 2.05) is 18.2 Å². The molecule has 0 radical (unpaired) electrons. The van der Waals surface area contributed by atoms with Crippen molar-refractivity contribution in [1.29, 1.82) is 0 Å². The third kappa shape index (κ3) is 1.81. The summed E-state index contributed by atoms with van der Waals surface area (Å²) in [5.41, 5.74) is 0.695. The van der Waals surface area contributed by atoms with E-state index in [4.69, 9.17) is 11.6 Å². The van der Waals surface area contributed by atoms with Crippen LogP contribution in [0.5, 0.6) is 0 Å². The Morgan fingerprint density at radius 2 is 2.29 bits per heavy atom. The number of nitrogens with zero attached hydrogens (tertiary/aromatic N) is 4. The molecule has 2 aromatic heterocycles. The highest BCUT2D eigenvalue weighted by atomic mass is 79.9. The zero-order valence-electron chi connectivity index (χ0n) is 8.68. The molecule has 1 saturated heterocycles. The topological polar surface area (TPSA) is 50.5 Å². The molecule has 1 atom stereocenters. The van der Waals surface area contributed by atoms with Gasteiger partial charge in [0.05, 0.1) is 5.38 Å². The Hall–Kier alpha value is -1.14. The van der Waals surface area contributed by atoms with Gasteiger partial charge in [-0.05, 0) is 28.1 Å². The van der Waals surface area contributed by atoms with Crippen LogP contribution in [0, 0.1) is 0 Å². The molecule has 88 valence electrons. The summed E-state index contributed by atoms with van der Waals surface area (Å²) in [6, 6.07) is 5.57. The minimum atomic E-state index is -0.155. The van der Waals surface area contributed by atoms with E-state index in [0.29, 0.717) is 24.6 Å². The first-order chi connectivity index (χ1) is 8.15. The summed E-state index contributed by atoms with van der Waals surface area (Å²) in [7, 11) is 0. The second-order valence-electron chi connectivity index (χ2n) is 3.84. The van der Waals surface area contributed by atoms with Crippen LogP contribution in [0.1, 0.15) is 6.42 Å². The number of alkyl halides is 1. The van der Waals surface area contributed by atoms with Crippen molar-refractivity contribution in [1.82, 2.24) is 14.6 Å². The van der Waals surface area contributed by atoms with Gasteiger partial charge >= 0.3 is 0 Å². The Morgan fingerprint density at radius 3 is 2.94 bits per heavy atom. The highest BCUT2D eigenvalue weighted by Gasteiger charge is 2.31. The van der Waals surface area contributed by atoms with E-state index < -0.39 is 0 Å². The maximum Gasteiger partial charge on any atom is 0.252 e. The lowest BCUT2D eigenvalue weighted by Crippen LogP contribution is -2.25. The average molecular weight is 316 g/mol. The Bertz CT molecular complexity index is 599. The molecule has 0 saturated carbocycles. The van der Waals surface area contributed by atoms with E-state index in [0.717, 1.165) is 4.60 Å². The zero-order chi connectivity index (χ0) is 12.0. The summed E-state index contributed by atoms with van der Waals surface area (Å²) < 4.78 is 2.44. The molecule has 3 rings (SSSR count). The van der Waals surface area contributed by atoms with Crippen LogP contribution in [-0.4, -0.2) is 32.4 Å². The molecule has 0 aromatic carbocycles. The third-order valence-electron chi connectivity index (χ3n) is 2.62. The summed E-state index contributed by atoms with van der Waals surface area (Å²) >= 11 is 9.32. The Balaban J connectivity index is 2.07. The van der Waals surface area contributed by atoms with Crippen LogP contribution in [0.3, 0.4) is 0 Å². The molecule has 1 aliphatic heterocycles. The van der Waals surface area contributed by atoms with E-state index in [9.17, 15) is 4.79 Å². The molecule has 1 fully saturated rings. The largest absolute Gasteiger partial charge is 0.278 e. The molecule has 0 aliphatic carbocycles. The number of carbonyl (C=O) groups excluding carboxylic acids is 1. The Labute approximate surface area is 111 Å². The summed E-state index contributed by atoms with van der Waals surface area (Å²) in [6.07, 6.45) is 0.346. The highest BCUT2D eigenvalue weighted by molar-refractivity contribution is 9.10. The first kappa shape index (κ1) is 11.0. The van der Waals surface area contributed by atoms with Crippen LogP contribution in [0.15, 0.2) is 22.8 Å². The van der Waals surface area contributed by atoms with Gasteiger partial charge in [-0.3, -0.25) is 9.69 Å². The van der Waals surface area contributed by atoms with E-state index in [1.54, 1.807) is 4.52 Å². The van der Waals surface area contributed by atoms with Gasteiger partial charge in [0.1, 0.15) is 4.60 Å². The summed E-state index contributed by atoms with van der Waals surface area (Å²) in [4.78, 5) is 17.5. The van der Waals surface area contributed by atoms with Crippen molar-refractivity contribution in [2.24, 2.45) is 0 Å². The Morgan fingerprint density at radius 1 is 1.47 bits per heavy atom. The normalized spacial score (nSPS) is 20.5. The van der Waals surface area contributed by atoms with Crippen molar-refractivity contribution in [3.8, 4) is 0 Å². The number of anilines is 1. The SMILES string of the molecule is O=C1CC(Cl)CN1c1nc2cccc(Br)n2n1. The fraction of sp³-hybridized carbons (Fsp3) is 0.300. The molecule has 1 unspecified atom stereocenters. The summed E-state index contributed by atoms with van der Waals surface area (Å²) in [6.45, 7) is 0.467. The maximum atomic E-state index is 11.7. The standard InChI is InChI=1S/C10H8BrClN4O/c11-7-2-1-3-8-13-10(14-16(7)8)15-5-6(12)4-9(15)17/h1-3,6H,4-5H2. The van der Waals surface area contributed by atoms with Gasteiger partial charge in [0.15, 0.2) is 5.65 Å². The second kappa shape index (κ2) is 3.96. The van der Waals surface area contributed by atoms with Gasteiger partial charge in [0.2, 0.25) is 5.91 Å². The monoisotopic (exact) mass is 314 g/mol. The molecule has 7 heteroatoms. The van der Waals surface area contributed by atoms with Gasteiger partial charge in [0, 0.05) is 13.0 Å². The first-order valence-corrected chi connectivity index (χ1v) is 6.34. The van der Waals surface area contributed by atoms with Crippen molar-refractivity contribution < 1.29 is 4.79 Å². The van der Waals surface area contributed by atoms with E-state index >= 15 is 0 Å². The zero-order valence-corrected chi connectivity index (χ0v) is 11.0. The number of hydrogen-bond acceptors (Lipinski definition) is 3. The van der Waals surface area contributed by atoms with Crippen LogP contribution in [0.2, 0.25) is 0 Å². The van der Waals surface area contributed by atoms with E-state index in [2.05, 4.69) is 26.0 Å². The second-order valence-corrected chi connectivity index (χ2v) is 5.27. The van der Waals surface area contributed by atoms with Gasteiger partial charge < -0.3 is 0 Å². The first-order valence-electron chi connectivity index (χ1n) is 5.11. The fourth-order valence-corrected chi connectivity index (χ4v) is 2.52. The van der Waals surface area contributed by atoms with Crippen LogP contribution in [0.4, 0.5) is 5.95 Å². The lowest BCUT2D eigenvalue weighted by Gasteiger charge is -2.09. The number of aromatic nitrogens is 3. The quantitative estimate of drug-likeness (QED) is 0.596. The molecule has 2 aromatic rings. The molecule has 1 aliphatic rings. The van der Waals surface area contributed by atoms with Gasteiger partial charge in [-0.15, -0.1) is 16.7 Å². The van der Waals surface area contributed by atoms with Gasteiger partial charge in [0.25, 0.3) is 5.95 Å². The molecule has 1 amide bonds. The summed E-state index contributed by atoms with van der Waals surface area (Å²) in [5.74, 6) is 0.377. The molecule has 0 N–H and O–H groups in total. The number of hydrogen-bond donors (Lipinski definition) is 0. The van der Waals surface area contributed by atoms with Crippen LogP contribution in [-0.2, 0) is 4.79 Å². The fourth-order valence-electron chi connectivity index (χ4n) is 1.83. The van der Waals surface area contributed by atoms with Crippen molar-refractivity contribution >= 4 is 45.0 Å². The third-order valence-corrected chi connectivity index (χ3v) is 3.51. The van der Waals surface area contributed by atoms with Gasteiger partial charge in [-0.2, -0.15) is 4.98 Å². The van der Waals surface area contributed by atoms with Crippen molar-refractivity contribution in [3.63, 3.8) is 0 Å². The average Bonchev–Trinajstić information content (AvgIpc) is 2.82. The maximum absolute atomic E-state index is 11.7. The molecule has 3 heterocycles. The lowest BCUT2D eigenvalue weighted by molar-refractivity contribution is -0.117. The smallest absolute Gasteiger partial charge is 0.252 e. The van der Waals surface area contributed by atoms with Crippen LogP contribution < -0.4 is 4.90 Å². The summed E-state index contributed by atoms with van der Waals surface area (Å²) in [5, 5.41) is 4.13. The number of halogens is 2. The Kier molecular flexibility index (Phi) is 2.56. The molecule has 5 nitrogen and oxygen atoms in total. The van der Waals surface area contributed by atoms with E-state index in [-0.39, 0.29) is 11.3 Å². The molecular formula is C10H8BrClN4O. The number of pyridine rings is 1. The van der Waals surface area contributed by atoms with Gasteiger partial charge in [-0.25, -0.2) is 4.52 Å². The van der Waals surface area contributed by atoms with Crippen molar-refractivity contribution in [2.75, 3.05) is 11.4 Å². The van der Waals surface area contributed by atoms with Crippen molar-refractivity contribution in [2.45, 2.75) is 11.8 Å². The number of carbonyl (C=O) groups is 1. The molecule has 0 spiro atoms. The highest BCUT2D eigenvalue weighted by Crippen LogP contribution is 2.23. The molecular weight excluding hydrogens is 307 g/mol. The predicted molar refractivity (Wildman–Crippen MR) is 67.3 cm³/mol. The minimum absolute atomic E-state index is 0.0305.